The third-order valence-corrected chi connectivity index (χ3v) is 4.66. The number of carboxylic acids is 1. The number of aromatic amines is 1. The third-order valence-electron chi connectivity index (χ3n) is 4.66. The normalized spacial score (nSPS) is 14.6. The first-order valence-electron chi connectivity index (χ1n) is 10.6. The number of hydrogen-bond donors (Lipinski definition) is 7. The molecule has 9 N–H and O–H groups in total. The molecule has 0 radical (unpaired) electrons. The molecule has 0 saturated carbocycles. The molecular formula is C20H33N7O6. The molecule has 0 aliphatic carbocycles. The lowest BCUT2D eigenvalue weighted by atomic mass is 10.0. The van der Waals surface area contributed by atoms with E-state index >= 15 is 0 Å². The van der Waals surface area contributed by atoms with Crippen molar-refractivity contribution in [2.45, 2.75) is 70.6 Å². The molecule has 13 heteroatoms. The van der Waals surface area contributed by atoms with Gasteiger partial charge < -0.3 is 37.5 Å². The molecule has 1 aromatic rings. The van der Waals surface area contributed by atoms with Gasteiger partial charge in [-0.15, -0.1) is 0 Å². The van der Waals surface area contributed by atoms with Gasteiger partial charge in [0.25, 0.3) is 0 Å². The van der Waals surface area contributed by atoms with E-state index in [0.717, 1.165) is 0 Å². The maximum atomic E-state index is 13.0. The quantitative estimate of drug-likeness (QED) is 0.164. The Labute approximate surface area is 191 Å². The lowest BCUT2D eigenvalue weighted by Crippen LogP contribution is -2.57. The number of carbonyl (C=O) groups excluding carboxylic acids is 4. The predicted octanol–water partition coefficient (Wildman–Crippen LogP) is -1.85. The van der Waals surface area contributed by atoms with Crippen LogP contribution < -0.4 is 27.4 Å². The number of amides is 4. The largest absolute Gasteiger partial charge is 0.480 e. The molecule has 184 valence electrons. The number of H-pyrrole nitrogens is 1. The van der Waals surface area contributed by atoms with Crippen molar-refractivity contribution in [3.05, 3.63) is 18.2 Å². The fraction of sp³-hybridized carbons (Fsp3) is 0.600. The second-order valence-electron chi connectivity index (χ2n) is 8.23. The monoisotopic (exact) mass is 467 g/mol. The average molecular weight is 468 g/mol. The van der Waals surface area contributed by atoms with Crippen LogP contribution in [0.15, 0.2) is 12.5 Å². The van der Waals surface area contributed by atoms with Crippen molar-refractivity contribution in [3.63, 3.8) is 0 Å². The van der Waals surface area contributed by atoms with Crippen LogP contribution in [-0.4, -0.2) is 68.8 Å². The van der Waals surface area contributed by atoms with E-state index in [2.05, 4.69) is 25.9 Å². The highest BCUT2D eigenvalue weighted by Crippen LogP contribution is 2.08. The molecule has 0 saturated heterocycles. The Morgan fingerprint density at radius 3 is 2.06 bits per heavy atom. The number of aliphatic carboxylic acids is 1. The summed E-state index contributed by atoms with van der Waals surface area (Å²) in [6, 6.07) is -4.43. The lowest BCUT2D eigenvalue weighted by Gasteiger charge is -2.25. The fourth-order valence-corrected chi connectivity index (χ4v) is 2.92. The number of carbonyl (C=O) groups is 5. The van der Waals surface area contributed by atoms with Gasteiger partial charge in [-0.05, 0) is 25.7 Å². The van der Waals surface area contributed by atoms with Crippen molar-refractivity contribution in [1.82, 2.24) is 25.9 Å². The zero-order valence-electron chi connectivity index (χ0n) is 19.0. The van der Waals surface area contributed by atoms with Gasteiger partial charge in [-0.3, -0.25) is 19.2 Å². The molecule has 0 aliphatic rings. The van der Waals surface area contributed by atoms with E-state index < -0.39 is 53.8 Å². The number of hydrogen-bond acceptors (Lipinski definition) is 7. The molecule has 13 nitrogen and oxygen atoms in total. The van der Waals surface area contributed by atoms with Gasteiger partial charge in [0.1, 0.15) is 18.1 Å². The van der Waals surface area contributed by atoms with Gasteiger partial charge in [-0.2, -0.15) is 0 Å². The van der Waals surface area contributed by atoms with E-state index in [1.54, 1.807) is 13.8 Å². The SMILES string of the molecule is CC(C)CC(NC(=O)C(CCC(N)=O)NC(=O)C(Cc1cnc[nH]1)NC(=O)C(C)N)C(=O)O. The Balaban J connectivity index is 3.03. The Morgan fingerprint density at radius 1 is 1.00 bits per heavy atom. The Bertz CT molecular complexity index is 825. The number of aromatic nitrogens is 2. The molecule has 0 aromatic carbocycles. The number of nitrogens with one attached hydrogen (secondary N) is 4. The molecule has 1 rings (SSSR count). The molecule has 0 aliphatic heterocycles. The third kappa shape index (κ3) is 10.1. The summed E-state index contributed by atoms with van der Waals surface area (Å²) in [4.78, 5) is 67.3. The summed E-state index contributed by atoms with van der Waals surface area (Å²) in [6.07, 6.45) is 2.70. The smallest absolute Gasteiger partial charge is 0.326 e. The lowest BCUT2D eigenvalue weighted by molar-refractivity contribution is -0.143. The van der Waals surface area contributed by atoms with Gasteiger partial charge in [-0.1, -0.05) is 13.8 Å². The number of primary amides is 1. The Morgan fingerprint density at radius 2 is 1.58 bits per heavy atom. The van der Waals surface area contributed by atoms with E-state index in [9.17, 15) is 29.1 Å². The first kappa shape index (κ1) is 27.6. The van der Waals surface area contributed by atoms with Crippen molar-refractivity contribution in [2.75, 3.05) is 0 Å². The van der Waals surface area contributed by atoms with Crippen LogP contribution in [0.4, 0.5) is 0 Å². The minimum absolute atomic E-state index is 0.0164. The molecule has 0 fully saturated rings. The standard InChI is InChI=1S/C20H33N7O6/c1-10(2)6-15(20(32)33)27-18(30)13(4-5-16(22)28)25-19(31)14(26-17(29)11(3)21)7-12-8-23-9-24-12/h8-11,13-15H,4-7,21H2,1-3H3,(H2,22,28)(H,23,24)(H,25,31)(H,26,29)(H,27,30)(H,32,33). The number of nitrogens with zero attached hydrogens (tertiary/aromatic N) is 1. The molecule has 33 heavy (non-hydrogen) atoms. The van der Waals surface area contributed by atoms with E-state index in [4.69, 9.17) is 11.5 Å². The average Bonchev–Trinajstić information content (AvgIpc) is 3.22. The molecule has 1 heterocycles. The van der Waals surface area contributed by atoms with Gasteiger partial charge in [0.15, 0.2) is 0 Å². The topological polar surface area (TPSA) is 222 Å². The highest BCUT2D eigenvalue weighted by molar-refractivity contribution is 5.94. The van der Waals surface area contributed by atoms with Crippen LogP contribution in [-0.2, 0) is 30.4 Å². The van der Waals surface area contributed by atoms with Crippen molar-refractivity contribution >= 4 is 29.6 Å². The van der Waals surface area contributed by atoms with E-state index in [-0.39, 0.29) is 31.6 Å². The number of carboxylic acid groups (broad SMARTS) is 1. The number of nitrogens with two attached hydrogens (primary N) is 2. The highest BCUT2D eigenvalue weighted by Gasteiger charge is 2.30. The van der Waals surface area contributed by atoms with Crippen LogP contribution in [0.1, 0.15) is 45.7 Å². The zero-order chi connectivity index (χ0) is 25.1. The first-order chi connectivity index (χ1) is 15.4. The summed E-state index contributed by atoms with van der Waals surface area (Å²) in [7, 11) is 0. The summed E-state index contributed by atoms with van der Waals surface area (Å²) in [5.41, 5.74) is 11.3. The Hall–Kier alpha value is -3.48. The van der Waals surface area contributed by atoms with Crippen molar-refractivity contribution in [2.24, 2.45) is 17.4 Å². The summed E-state index contributed by atoms with van der Waals surface area (Å²) >= 11 is 0. The summed E-state index contributed by atoms with van der Waals surface area (Å²) < 4.78 is 0. The summed E-state index contributed by atoms with van der Waals surface area (Å²) in [5, 5.41) is 16.8. The van der Waals surface area contributed by atoms with Crippen LogP contribution >= 0.6 is 0 Å². The maximum absolute atomic E-state index is 13.0. The summed E-state index contributed by atoms with van der Waals surface area (Å²) in [6.45, 7) is 5.05. The van der Waals surface area contributed by atoms with Crippen molar-refractivity contribution < 1.29 is 29.1 Å². The molecule has 0 spiro atoms. The number of rotatable bonds is 14. The van der Waals surface area contributed by atoms with E-state index in [1.165, 1.54) is 19.4 Å². The van der Waals surface area contributed by atoms with Crippen LogP contribution in [0.2, 0.25) is 0 Å². The molecule has 4 unspecified atom stereocenters. The molecule has 4 atom stereocenters. The van der Waals surface area contributed by atoms with Gasteiger partial charge in [0, 0.05) is 24.7 Å². The fourth-order valence-electron chi connectivity index (χ4n) is 2.92. The molecular weight excluding hydrogens is 434 g/mol. The highest BCUT2D eigenvalue weighted by atomic mass is 16.4. The second-order valence-corrected chi connectivity index (χ2v) is 8.23. The van der Waals surface area contributed by atoms with E-state index in [0.29, 0.717) is 5.69 Å². The van der Waals surface area contributed by atoms with Gasteiger partial charge in [-0.25, -0.2) is 9.78 Å². The Kier molecular flexibility index (Phi) is 11.0. The van der Waals surface area contributed by atoms with Crippen molar-refractivity contribution in [3.8, 4) is 0 Å². The predicted molar refractivity (Wildman–Crippen MR) is 117 cm³/mol. The number of imidazole rings is 1. The van der Waals surface area contributed by atoms with Crippen molar-refractivity contribution in [1.29, 1.82) is 0 Å². The zero-order valence-corrected chi connectivity index (χ0v) is 19.0. The minimum Gasteiger partial charge on any atom is -0.480 e. The van der Waals surface area contributed by atoms with E-state index in [1.807, 2.05) is 0 Å². The van der Waals surface area contributed by atoms with Crippen LogP contribution in [0.5, 0.6) is 0 Å². The van der Waals surface area contributed by atoms with Crippen LogP contribution in [0.3, 0.4) is 0 Å². The molecule has 0 bridgehead atoms. The van der Waals surface area contributed by atoms with Gasteiger partial charge in [0.2, 0.25) is 23.6 Å². The van der Waals surface area contributed by atoms with Crippen LogP contribution in [0.25, 0.3) is 0 Å². The molecule has 4 amide bonds. The van der Waals surface area contributed by atoms with Gasteiger partial charge >= 0.3 is 5.97 Å². The van der Waals surface area contributed by atoms with Gasteiger partial charge in [0.05, 0.1) is 12.4 Å². The minimum atomic E-state index is -1.25. The first-order valence-corrected chi connectivity index (χ1v) is 10.6. The summed E-state index contributed by atoms with van der Waals surface area (Å²) in [5.74, 6) is -4.03. The maximum Gasteiger partial charge on any atom is 0.326 e. The molecule has 1 aromatic heterocycles. The second kappa shape index (κ2) is 13.2. The van der Waals surface area contributed by atoms with Crippen LogP contribution in [0, 0.1) is 5.92 Å².